The molecule has 0 aliphatic heterocycles. The van der Waals surface area contributed by atoms with Crippen LogP contribution in [0, 0.1) is 0 Å². The summed E-state index contributed by atoms with van der Waals surface area (Å²) >= 11 is 0. The number of unbranched alkanes of at least 4 members (excludes halogenated alkanes) is 10. The molecule has 0 spiro atoms. The maximum Gasteiger partial charge on any atom is 0.305 e. The molecule has 20 heavy (non-hydrogen) atoms. The van der Waals surface area contributed by atoms with Crippen LogP contribution >= 0.6 is 0 Å². The fourth-order valence-corrected chi connectivity index (χ4v) is 2.23. The van der Waals surface area contributed by atoms with Gasteiger partial charge in [-0.25, -0.2) is 0 Å². The van der Waals surface area contributed by atoms with E-state index in [0.717, 1.165) is 25.7 Å². The lowest BCUT2D eigenvalue weighted by Crippen LogP contribution is -2.05. The van der Waals surface area contributed by atoms with Gasteiger partial charge in [-0.1, -0.05) is 64.4 Å². The van der Waals surface area contributed by atoms with E-state index in [9.17, 15) is 4.79 Å². The number of carbonyl (C=O) groups is 1. The van der Waals surface area contributed by atoms with Crippen molar-refractivity contribution in [3.05, 3.63) is 12.7 Å². The fourth-order valence-electron chi connectivity index (χ4n) is 2.23. The molecular weight excluding hydrogens is 248 g/mol. The Kier molecular flexibility index (Phi) is 15.6. The maximum absolute atomic E-state index is 11.5. The zero-order valence-corrected chi connectivity index (χ0v) is 13.5. The van der Waals surface area contributed by atoms with E-state index in [2.05, 4.69) is 13.5 Å². The highest BCUT2D eigenvalue weighted by molar-refractivity contribution is 5.69. The van der Waals surface area contributed by atoms with Crippen molar-refractivity contribution in [1.29, 1.82) is 0 Å². The Morgan fingerprint density at radius 1 is 0.900 bits per heavy atom. The van der Waals surface area contributed by atoms with Crippen LogP contribution < -0.4 is 0 Å². The van der Waals surface area contributed by atoms with E-state index in [-0.39, 0.29) is 5.97 Å². The Morgan fingerprint density at radius 3 is 2.20 bits per heavy atom. The van der Waals surface area contributed by atoms with Crippen LogP contribution in [0.3, 0.4) is 0 Å². The largest absolute Gasteiger partial charge is 0.466 e. The van der Waals surface area contributed by atoms with Crippen molar-refractivity contribution in [3.63, 3.8) is 0 Å². The molecule has 118 valence electrons. The van der Waals surface area contributed by atoms with Crippen molar-refractivity contribution in [2.45, 2.75) is 90.4 Å². The van der Waals surface area contributed by atoms with Crippen LogP contribution in [-0.4, -0.2) is 12.6 Å². The highest BCUT2D eigenvalue weighted by Gasteiger charge is 2.02. The first-order valence-corrected chi connectivity index (χ1v) is 8.57. The summed E-state index contributed by atoms with van der Waals surface area (Å²) in [4.78, 5) is 11.5. The Hall–Kier alpha value is -0.790. The molecule has 2 nitrogen and oxygen atoms in total. The van der Waals surface area contributed by atoms with Gasteiger partial charge in [0.25, 0.3) is 0 Å². The number of allylic oxidation sites excluding steroid dienone is 1. The molecule has 2 heteroatoms. The number of carbonyl (C=O) groups excluding carboxylic acids is 1. The summed E-state index contributed by atoms with van der Waals surface area (Å²) in [6, 6.07) is 0. The molecule has 0 unspecified atom stereocenters. The highest BCUT2D eigenvalue weighted by Crippen LogP contribution is 2.09. The zero-order chi connectivity index (χ0) is 14.9. The molecule has 0 aliphatic carbocycles. The zero-order valence-electron chi connectivity index (χ0n) is 13.5. The second-order valence-electron chi connectivity index (χ2n) is 5.58. The molecule has 0 saturated heterocycles. The normalized spacial score (nSPS) is 10.4. The topological polar surface area (TPSA) is 26.3 Å². The van der Waals surface area contributed by atoms with Gasteiger partial charge in [0.15, 0.2) is 0 Å². The lowest BCUT2D eigenvalue weighted by Gasteiger charge is -2.05. The van der Waals surface area contributed by atoms with E-state index in [1.807, 2.05) is 6.08 Å². The Balaban J connectivity index is 3.14. The number of rotatable bonds is 15. The first-order valence-electron chi connectivity index (χ1n) is 8.57. The summed E-state index contributed by atoms with van der Waals surface area (Å²) < 4.78 is 5.23. The fraction of sp³-hybridized carbons (Fsp3) is 0.833. The van der Waals surface area contributed by atoms with Crippen LogP contribution in [0.5, 0.6) is 0 Å². The van der Waals surface area contributed by atoms with Gasteiger partial charge in [0.1, 0.15) is 0 Å². The molecule has 0 aromatic rings. The van der Waals surface area contributed by atoms with E-state index < -0.39 is 0 Å². The smallest absolute Gasteiger partial charge is 0.305 e. The van der Waals surface area contributed by atoms with Crippen LogP contribution in [0.2, 0.25) is 0 Å². The molecule has 0 atom stereocenters. The summed E-state index contributed by atoms with van der Waals surface area (Å²) in [6.45, 7) is 6.54. The van der Waals surface area contributed by atoms with Gasteiger partial charge in [0.05, 0.1) is 6.61 Å². The lowest BCUT2D eigenvalue weighted by molar-refractivity contribution is -0.143. The molecule has 0 fully saturated rings. The molecule has 0 amide bonds. The van der Waals surface area contributed by atoms with Gasteiger partial charge in [-0.3, -0.25) is 4.79 Å². The average molecular weight is 282 g/mol. The van der Waals surface area contributed by atoms with Crippen LogP contribution in [0.4, 0.5) is 0 Å². The van der Waals surface area contributed by atoms with Gasteiger partial charge >= 0.3 is 5.97 Å². The molecule has 0 bridgehead atoms. The third-order valence-electron chi connectivity index (χ3n) is 3.55. The Morgan fingerprint density at radius 2 is 1.50 bits per heavy atom. The molecule has 0 N–H and O–H groups in total. The number of ether oxygens (including phenoxy) is 1. The van der Waals surface area contributed by atoms with Crippen molar-refractivity contribution >= 4 is 5.97 Å². The Labute approximate surface area is 126 Å². The molecule has 0 heterocycles. The minimum atomic E-state index is -0.00727. The Bertz CT molecular complexity index is 223. The van der Waals surface area contributed by atoms with Crippen molar-refractivity contribution in [2.75, 3.05) is 6.61 Å². The maximum atomic E-state index is 11.5. The first-order chi connectivity index (χ1) is 9.81. The van der Waals surface area contributed by atoms with E-state index in [4.69, 9.17) is 4.74 Å². The van der Waals surface area contributed by atoms with Gasteiger partial charge in [-0.15, -0.1) is 6.58 Å². The second kappa shape index (κ2) is 16.3. The van der Waals surface area contributed by atoms with Crippen LogP contribution in [0.25, 0.3) is 0 Å². The monoisotopic (exact) mass is 282 g/mol. The molecule has 0 rings (SSSR count). The van der Waals surface area contributed by atoms with E-state index in [1.54, 1.807) is 0 Å². The number of hydrogen-bond donors (Lipinski definition) is 0. The molecule has 0 saturated carbocycles. The second-order valence-corrected chi connectivity index (χ2v) is 5.58. The van der Waals surface area contributed by atoms with Gasteiger partial charge in [-0.2, -0.15) is 0 Å². The minimum Gasteiger partial charge on any atom is -0.466 e. The van der Waals surface area contributed by atoms with Crippen molar-refractivity contribution in [3.8, 4) is 0 Å². The van der Waals surface area contributed by atoms with Gasteiger partial charge in [0.2, 0.25) is 0 Å². The summed E-state index contributed by atoms with van der Waals surface area (Å²) in [6.07, 6.45) is 16.9. The lowest BCUT2D eigenvalue weighted by atomic mass is 10.1. The van der Waals surface area contributed by atoms with Gasteiger partial charge in [-0.05, 0) is 25.7 Å². The molecule has 0 radical (unpaired) electrons. The third-order valence-corrected chi connectivity index (χ3v) is 3.55. The van der Waals surface area contributed by atoms with E-state index >= 15 is 0 Å². The third kappa shape index (κ3) is 15.3. The molecule has 0 aromatic heterocycles. The summed E-state index contributed by atoms with van der Waals surface area (Å²) in [5.41, 5.74) is 0. The first kappa shape index (κ1) is 19.2. The van der Waals surface area contributed by atoms with Crippen LogP contribution in [-0.2, 0) is 9.53 Å². The van der Waals surface area contributed by atoms with Crippen molar-refractivity contribution in [1.82, 2.24) is 0 Å². The van der Waals surface area contributed by atoms with Gasteiger partial charge < -0.3 is 4.74 Å². The van der Waals surface area contributed by atoms with Crippen molar-refractivity contribution < 1.29 is 9.53 Å². The number of hydrogen-bond acceptors (Lipinski definition) is 2. The quantitative estimate of drug-likeness (QED) is 0.215. The molecule has 0 aromatic carbocycles. The average Bonchev–Trinajstić information content (AvgIpc) is 2.45. The standard InChI is InChI=1S/C18H34O2/c1-3-5-7-9-10-11-12-14-16-18(19)20-17-15-13-8-6-4-2/h3H,1,4-17H2,2H3. The number of esters is 1. The summed E-state index contributed by atoms with van der Waals surface area (Å²) in [7, 11) is 0. The predicted octanol–water partition coefficient (Wildman–Crippen LogP) is 5.81. The van der Waals surface area contributed by atoms with Crippen LogP contribution in [0.1, 0.15) is 90.4 Å². The SMILES string of the molecule is C=CCCCCCCCCC(=O)OCCCCCCC. The minimum absolute atomic E-state index is 0.00727. The summed E-state index contributed by atoms with van der Waals surface area (Å²) in [5.74, 6) is -0.00727. The van der Waals surface area contributed by atoms with Crippen LogP contribution in [0.15, 0.2) is 12.7 Å². The van der Waals surface area contributed by atoms with E-state index in [0.29, 0.717) is 13.0 Å². The molecule has 0 aliphatic rings. The van der Waals surface area contributed by atoms with Crippen molar-refractivity contribution in [2.24, 2.45) is 0 Å². The predicted molar refractivity (Wildman–Crippen MR) is 86.9 cm³/mol. The summed E-state index contributed by atoms with van der Waals surface area (Å²) in [5, 5.41) is 0. The highest BCUT2D eigenvalue weighted by atomic mass is 16.5. The molecular formula is C18H34O2. The van der Waals surface area contributed by atoms with Gasteiger partial charge in [0, 0.05) is 6.42 Å². The van der Waals surface area contributed by atoms with E-state index in [1.165, 1.54) is 51.4 Å².